The van der Waals surface area contributed by atoms with Crippen LogP contribution in [0.4, 0.5) is 5.69 Å². The quantitative estimate of drug-likeness (QED) is 0.484. The van der Waals surface area contributed by atoms with Crippen LogP contribution in [-0.2, 0) is 22.4 Å². The third-order valence-corrected chi connectivity index (χ3v) is 5.69. The molecule has 0 amide bonds. The van der Waals surface area contributed by atoms with Crippen molar-refractivity contribution in [2.45, 2.75) is 32.0 Å². The van der Waals surface area contributed by atoms with Crippen LogP contribution in [0.2, 0.25) is 0 Å². The third kappa shape index (κ3) is 3.34. The molecule has 2 aliphatic rings. The van der Waals surface area contributed by atoms with Crippen molar-refractivity contribution in [3.63, 3.8) is 0 Å². The molecule has 1 unspecified atom stereocenters. The average Bonchev–Trinajstić information content (AvgIpc) is 3.18. The zero-order chi connectivity index (χ0) is 22.4. The lowest BCUT2D eigenvalue weighted by Crippen LogP contribution is -2.31. The Morgan fingerprint density at radius 1 is 0.969 bits per heavy atom. The number of anilines is 1. The van der Waals surface area contributed by atoms with Crippen molar-refractivity contribution in [3.05, 3.63) is 76.1 Å². The minimum Gasteiger partial charge on any atom is -0.422 e. The van der Waals surface area contributed by atoms with Crippen molar-refractivity contribution in [2.24, 2.45) is 0 Å². The van der Waals surface area contributed by atoms with Gasteiger partial charge in [0.1, 0.15) is 17.7 Å². The topological polar surface area (TPSA) is 107 Å². The van der Waals surface area contributed by atoms with E-state index >= 15 is 0 Å². The molecule has 0 fully saturated rings. The van der Waals surface area contributed by atoms with Gasteiger partial charge in [-0.1, -0.05) is 30.3 Å². The number of aliphatic hydroxyl groups excluding tert-OH is 1. The van der Waals surface area contributed by atoms with Gasteiger partial charge in [-0.15, -0.1) is 0 Å². The third-order valence-electron chi connectivity index (χ3n) is 5.69. The van der Waals surface area contributed by atoms with E-state index in [2.05, 4.69) is 5.32 Å². The Kier molecular flexibility index (Phi) is 4.79. The highest BCUT2D eigenvalue weighted by Gasteiger charge is 2.29. The SMILES string of the molecule is CC(O)n1c(=O)c(NC2Cc3ccccc3C2)c2c3c(cccc31)OC(=O)/C=C\C(=O)O2. The summed E-state index contributed by atoms with van der Waals surface area (Å²) in [5.74, 6) is -1.48. The van der Waals surface area contributed by atoms with Crippen LogP contribution in [-0.4, -0.2) is 27.7 Å². The molecule has 2 N–H and O–H groups in total. The van der Waals surface area contributed by atoms with Crippen LogP contribution in [0.25, 0.3) is 10.9 Å². The number of carbonyl (C=O) groups excluding carboxylic acids is 2. The summed E-state index contributed by atoms with van der Waals surface area (Å²) in [5.41, 5.74) is 2.12. The molecule has 8 heteroatoms. The number of pyridine rings is 1. The van der Waals surface area contributed by atoms with Gasteiger partial charge in [0.25, 0.3) is 5.56 Å². The van der Waals surface area contributed by atoms with Crippen molar-refractivity contribution in [3.8, 4) is 11.5 Å². The van der Waals surface area contributed by atoms with Gasteiger partial charge in [-0.2, -0.15) is 0 Å². The molecular formula is C24H20N2O6. The van der Waals surface area contributed by atoms with Crippen molar-refractivity contribution in [1.82, 2.24) is 4.57 Å². The summed E-state index contributed by atoms with van der Waals surface area (Å²) in [6.45, 7) is 1.46. The van der Waals surface area contributed by atoms with Crippen molar-refractivity contribution < 1.29 is 24.2 Å². The van der Waals surface area contributed by atoms with Gasteiger partial charge in [0.15, 0.2) is 5.75 Å². The number of carbonyl (C=O) groups is 2. The molecule has 0 saturated carbocycles. The maximum Gasteiger partial charge on any atom is 0.336 e. The van der Waals surface area contributed by atoms with Crippen LogP contribution in [0, 0.1) is 0 Å². The first kappa shape index (κ1) is 20.0. The predicted molar refractivity (Wildman–Crippen MR) is 117 cm³/mol. The Hall–Kier alpha value is -3.91. The lowest BCUT2D eigenvalue weighted by Gasteiger charge is -2.22. The average molecular weight is 432 g/mol. The highest BCUT2D eigenvalue weighted by atomic mass is 16.5. The number of hydrogen-bond acceptors (Lipinski definition) is 7. The highest BCUT2D eigenvalue weighted by Crippen LogP contribution is 2.40. The van der Waals surface area contributed by atoms with E-state index < -0.39 is 23.7 Å². The molecule has 1 aromatic heterocycles. The number of rotatable bonds is 3. The number of esters is 2. The molecule has 8 nitrogen and oxygen atoms in total. The summed E-state index contributed by atoms with van der Waals surface area (Å²) < 4.78 is 12.1. The highest BCUT2D eigenvalue weighted by molar-refractivity contribution is 6.03. The Balaban J connectivity index is 1.73. The molecule has 2 aromatic carbocycles. The Labute approximate surface area is 182 Å². The van der Waals surface area contributed by atoms with E-state index in [1.54, 1.807) is 18.2 Å². The van der Waals surface area contributed by atoms with Crippen LogP contribution in [0.5, 0.6) is 11.5 Å². The van der Waals surface area contributed by atoms with Gasteiger partial charge < -0.3 is 19.9 Å². The zero-order valence-electron chi connectivity index (χ0n) is 17.2. The summed E-state index contributed by atoms with van der Waals surface area (Å²) in [4.78, 5) is 38.0. The molecule has 3 aromatic rings. The number of aliphatic hydroxyl groups is 1. The molecule has 1 aliphatic heterocycles. The summed E-state index contributed by atoms with van der Waals surface area (Å²) in [7, 11) is 0. The molecule has 5 rings (SSSR count). The first-order valence-electron chi connectivity index (χ1n) is 10.3. The minimum absolute atomic E-state index is 0.0298. The largest absolute Gasteiger partial charge is 0.422 e. The van der Waals surface area contributed by atoms with Gasteiger partial charge in [0.05, 0.1) is 10.9 Å². The van der Waals surface area contributed by atoms with E-state index in [0.717, 1.165) is 12.2 Å². The first-order chi connectivity index (χ1) is 15.4. The molecule has 162 valence electrons. The van der Waals surface area contributed by atoms with Gasteiger partial charge in [0.2, 0.25) is 0 Å². The van der Waals surface area contributed by atoms with E-state index in [1.807, 2.05) is 24.3 Å². The van der Waals surface area contributed by atoms with Crippen molar-refractivity contribution in [2.75, 3.05) is 5.32 Å². The number of nitrogens with one attached hydrogen (secondary N) is 1. The number of hydrogen-bond donors (Lipinski definition) is 2. The van der Waals surface area contributed by atoms with Gasteiger partial charge in [-0.25, -0.2) is 9.59 Å². The van der Waals surface area contributed by atoms with E-state index in [-0.39, 0.29) is 34.1 Å². The second-order valence-electron chi connectivity index (χ2n) is 7.86. The van der Waals surface area contributed by atoms with Crippen LogP contribution < -0.4 is 20.3 Å². The summed E-state index contributed by atoms with van der Waals surface area (Å²) >= 11 is 0. The smallest absolute Gasteiger partial charge is 0.336 e. The second-order valence-corrected chi connectivity index (χ2v) is 7.86. The number of ether oxygens (including phenoxy) is 2. The molecule has 1 atom stereocenters. The maximum absolute atomic E-state index is 13.5. The fourth-order valence-electron chi connectivity index (χ4n) is 4.36. The first-order valence-corrected chi connectivity index (χ1v) is 10.3. The zero-order valence-corrected chi connectivity index (χ0v) is 17.2. The molecule has 0 spiro atoms. The van der Waals surface area contributed by atoms with E-state index in [1.165, 1.54) is 22.6 Å². The molecule has 0 bridgehead atoms. The minimum atomic E-state index is -1.18. The molecule has 0 radical (unpaired) electrons. The van der Waals surface area contributed by atoms with E-state index in [9.17, 15) is 19.5 Å². The maximum atomic E-state index is 13.5. The van der Waals surface area contributed by atoms with Crippen molar-refractivity contribution in [1.29, 1.82) is 0 Å². The number of fused-ring (bicyclic) bond motifs is 1. The lowest BCUT2D eigenvalue weighted by atomic mass is 10.1. The number of benzene rings is 2. The molecule has 1 aliphatic carbocycles. The fourth-order valence-corrected chi connectivity index (χ4v) is 4.36. The predicted octanol–water partition coefficient (Wildman–Crippen LogP) is 2.47. The van der Waals surface area contributed by atoms with Gasteiger partial charge in [-0.05, 0) is 43.0 Å². The van der Waals surface area contributed by atoms with Crippen LogP contribution >= 0.6 is 0 Å². The Morgan fingerprint density at radius 2 is 1.62 bits per heavy atom. The van der Waals surface area contributed by atoms with Crippen LogP contribution in [0.1, 0.15) is 24.3 Å². The summed E-state index contributed by atoms with van der Waals surface area (Å²) in [6.07, 6.45) is 2.12. The number of nitrogens with zero attached hydrogens (tertiary/aromatic N) is 1. The van der Waals surface area contributed by atoms with Crippen LogP contribution in [0.3, 0.4) is 0 Å². The van der Waals surface area contributed by atoms with Crippen LogP contribution in [0.15, 0.2) is 59.4 Å². The molecular weight excluding hydrogens is 412 g/mol. The second kappa shape index (κ2) is 7.65. The van der Waals surface area contributed by atoms with Crippen molar-refractivity contribution >= 4 is 28.5 Å². The summed E-state index contributed by atoms with van der Waals surface area (Å²) in [5, 5.41) is 13.9. The summed E-state index contributed by atoms with van der Waals surface area (Å²) in [6, 6.07) is 12.6. The fraction of sp³-hybridized carbons (Fsp3) is 0.208. The molecule has 2 heterocycles. The Morgan fingerprint density at radius 3 is 2.28 bits per heavy atom. The normalized spacial score (nSPS) is 17.6. The lowest BCUT2D eigenvalue weighted by molar-refractivity contribution is -0.131. The van der Waals surface area contributed by atoms with E-state index in [0.29, 0.717) is 12.8 Å². The standard InChI is InChI=1S/C24H20N2O6/c1-13(27)26-17-7-4-8-18-21(17)23(32-20(29)10-9-19(28)31-18)22(24(26)30)25-16-11-14-5-2-3-6-15(14)12-16/h2-10,13,16,25,27H,11-12H2,1H3/b10-9-. The van der Waals surface area contributed by atoms with Gasteiger partial charge in [0, 0.05) is 18.2 Å². The molecule has 0 saturated heterocycles. The van der Waals surface area contributed by atoms with Gasteiger partial charge in [-0.3, -0.25) is 9.36 Å². The monoisotopic (exact) mass is 432 g/mol. The number of aromatic nitrogens is 1. The van der Waals surface area contributed by atoms with Gasteiger partial charge >= 0.3 is 11.9 Å². The van der Waals surface area contributed by atoms with E-state index in [4.69, 9.17) is 9.47 Å². The molecule has 32 heavy (non-hydrogen) atoms. The Bertz CT molecular complexity index is 1330.